The van der Waals surface area contributed by atoms with Gasteiger partial charge >= 0.3 is 0 Å². The third-order valence-electron chi connectivity index (χ3n) is 3.81. The molecule has 5 nitrogen and oxygen atoms in total. The van der Waals surface area contributed by atoms with Gasteiger partial charge in [-0.2, -0.15) is 5.11 Å². The fraction of sp³-hybridized carbons (Fsp3) is 0.211. The number of aromatic nitrogens is 1. The van der Waals surface area contributed by atoms with Gasteiger partial charge in [-0.1, -0.05) is 18.2 Å². The number of carbonyl (C=O) groups excluding carboxylic acids is 1. The van der Waals surface area contributed by atoms with Gasteiger partial charge in [0.25, 0.3) is 5.24 Å². The molecular formula is C19H19N3O2S. The molecule has 1 aliphatic rings. The van der Waals surface area contributed by atoms with E-state index in [1.807, 2.05) is 19.9 Å². The molecule has 3 rings (SSSR count). The SMILES string of the molecule is Cc1cc(N=Nc2ccn(C(=O)SC3=CCCC=C3)c2)cc(C)c1O. The number of carbonyl (C=O) groups is 1. The van der Waals surface area contributed by atoms with Crippen molar-refractivity contribution in [2.75, 3.05) is 0 Å². The molecule has 0 saturated heterocycles. The van der Waals surface area contributed by atoms with Crippen LogP contribution in [0.2, 0.25) is 0 Å². The summed E-state index contributed by atoms with van der Waals surface area (Å²) in [6, 6.07) is 5.28. The van der Waals surface area contributed by atoms with Gasteiger partial charge in [0.05, 0.1) is 5.69 Å². The van der Waals surface area contributed by atoms with Gasteiger partial charge in [0, 0.05) is 17.3 Å². The average Bonchev–Trinajstić information content (AvgIpc) is 3.08. The van der Waals surface area contributed by atoms with E-state index in [0.29, 0.717) is 11.4 Å². The van der Waals surface area contributed by atoms with Crippen LogP contribution >= 0.6 is 11.8 Å². The van der Waals surface area contributed by atoms with E-state index in [1.54, 1.807) is 30.6 Å². The first-order chi connectivity index (χ1) is 12.0. The van der Waals surface area contributed by atoms with Gasteiger partial charge in [0.15, 0.2) is 0 Å². The Morgan fingerprint density at radius 2 is 1.88 bits per heavy atom. The van der Waals surface area contributed by atoms with E-state index >= 15 is 0 Å². The van der Waals surface area contributed by atoms with Crippen LogP contribution < -0.4 is 0 Å². The Kier molecular flexibility index (Phi) is 5.19. The summed E-state index contributed by atoms with van der Waals surface area (Å²) in [5.41, 5.74) is 2.78. The smallest absolute Gasteiger partial charge is 0.294 e. The second-order valence-electron chi connectivity index (χ2n) is 5.86. The first-order valence-corrected chi connectivity index (χ1v) is 8.83. The van der Waals surface area contributed by atoms with Crippen molar-refractivity contribution >= 4 is 28.4 Å². The molecule has 2 aromatic rings. The number of benzene rings is 1. The number of hydrogen-bond acceptors (Lipinski definition) is 5. The average molecular weight is 353 g/mol. The highest BCUT2D eigenvalue weighted by Gasteiger charge is 2.10. The Hall–Kier alpha value is -2.60. The maximum atomic E-state index is 12.3. The van der Waals surface area contributed by atoms with E-state index in [-0.39, 0.29) is 11.0 Å². The quantitative estimate of drug-likeness (QED) is 0.672. The summed E-state index contributed by atoms with van der Waals surface area (Å²) < 4.78 is 1.51. The van der Waals surface area contributed by atoms with Gasteiger partial charge in [0.2, 0.25) is 0 Å². The molecule has 0 fully saturated rings. The van der Waals surface area contributed by atoms with Gasteiger partial charge in [0.1, 0.15) is 11.4 Å². The van der Waals surface area contributed by atoms with E-state index < -0.39 is 0 Å². The van der Waals surface area contributed by atoms with Gasteiger partial charge in [-0.15, -0.1) is 5.11 Å². The molecule has 1 aromatic heterocycles. The Bertz CT molecular complexity index is 871. The summed E-state index contributed by atoms with van der Waals surface area (Å²) in [5.74, 6) is 0.277. The minimum atomic E-state index is -0.0735. The van der Waals surface area contributed by atoms with Crippen LogP contribution in [0.1, 0.15) is 24.0 Å². The minimum Gasteiger partial charge on any atom is -0.507 e. The second kappa shape index (κ2) is 7.53. The number of nitrogens with zero attached hydrogens (tertiary/aromatic N) is 3. The highest BCUT2D eigenvalue weighted by Crippen LogP contribution is 2.29. The Morgan fingerprint density at radius 3 is 2.56 bits per heavy atom. The maximum Gasteiger partial charge on any atom is 0.294 e. The van der Waals surface area contributed by atoms with E-state index in [1.165, 1.54) is 16.3 Å². The minimum absolute atomic E-state index is 0.0735. The number of aryl methyl sites for hydroxylation is 2. The molecule has 1 aromatic carbocycles. The summed E-state index contributed by atoms with van der Waals surface area (Å²) in [6.45, 7) is 3.64. The Balaban J connectivity index is 1.70. The number of phenolic OH excluding ortho intramolecular Hbond substituents is 1. The second-order valence-corrected chi connectivity index (χ2v) is 6.88. The van der Waals surface area contributed by atoms with Crippen molar-refractivity contribution in [3.8, 4) is 5.75 Å². The molecule has 0 amide bonds. The zero-order valence-electron chi connectivity index (χ0n) is 14.1. The zero-order chi connectivity index (χ0) is 17.8. The largest absolute Gasteiger partial charge is 0.507 e. The van der Waals surface area contributed by atoms with Crippen LogP contribution in [0.5, 0.6) is 5.75 Å². The normalized spacial score (nSPS) is 14.1. The molecule has 0 atom stereocenters. The molecule has 25 heavy (non-hydrogen) atoms. The number of allylic oxidation sites excluding steroid dienone is 3. The Labute approximate surface area is 150 Å². The molecule has 0 unspecified atom stereocenters. The number of phenols is 1. The summed E-state index contributed by atoms with van der Waals surface area (Å²) in [4.78, 5) is 13.3. The monoisotopic (exact) mass is 353 g/mol. The molecule has 1 aliphatic carbocycles. The van der Waals surface area contributed by atoms with Crippen LogP contribution in [0.4, 0.5) is 16.2 Å². The van der Waals surface area contributed by atoms with Crippen molar-refractivity contribution in [2.24, 2.45) is 10.2 Å². The van der Waals surface area contributed by atoms with Crippen LogP contribution in [0, 0.1) is 13.8 Å². The van der Waals surface area contributed by atoms with Crippen molar-refractivity contribution in [2.45, 2.75) is 26.7 Å². The van der Waals surface area contributed by atoms with E-state index in [4.69, 9.17) is 0 Å². The first-order valence-electron chi connectivity index (χ1n) is 8.02. The number of thioether (sulfide) groups is 1. The predicted octanol–water partition coefficient (Wildman–Crippen LogP) is 6.16. The lowest BCUT2D eigenvalue weighted by Gasteiger charge is -2.05. The van der Waals surface area contributed by atoms with Crippen molar-refractivity contribution in [1.29, 1.82) is 0 Å². The maximum absolute atomic E-state index is 12.3. The lowest BCUT2D eigenvalue weighted by atomic mass is 10.1. The van der Waals surface area contributed by atoms with Gasteiger partial charge < -0.3 is 5.11 Å². The molecule has 0 spiro atoms. The Morgan fingerprint density at radius 1 is 1.16 bits per heavy atom. The van der Waals surface area contributed by atoms with Crippen LogP contribution in [-0.4, -0.2) is 14.9 Å². The lowest BCUT2D eigenvalue weighted by Crippen LogP contribution is -2.01. The van der Waals surface area contributed by atoms with Crippen molar-refractivity contribution < 1.29 is 9.90 Å². The fourth-order valence-electron chi connectivity index (χ4n) is 2.48. The van der Waals surface area contributed by atoms with Gasteiger partial charge in [-0.05, 0) is 67.8 Å². The third-order valence-corrected chi connectivity index (χ3v) is 4.73. The molecule has 128 valence electrons. The van der Waals surface area contributed by atoms with Crippen LogP contribution in [0.15, 0.2) is 64.0 Å². The summed E-state index contributed by atoms with van der Waals surface area (Å²) in [5, 5.41) is 18.1. The molecular weight excluding hydrogens is 334 g/mol. The van der Waals surface area contributed by atoms with Crippen molar-refractivity contribution in [3.63, 3.8) is 0 Å². The highest BCUT2D eigenvalue weighted by atomic mass is 32.2. The molecule has 6 heteroatoms. The van der Waals surface area contributed by atoms with E-state index in [0.717, 1.165) is 28.9 Å². The molecule has 0 saturated carbocycles. The summed E-state index contributed by atoms with van der Waals surface area (Å²) >= 11 is 1.21. The lowest BCUT2D eigenvalue weighted by molar-refractivity contribution is 0.262. The molecule has 1 N–H and O–H groups in total. The number of hydrogen-bond donors (Lipinski definition) is 1. The third kappa shape index (κ3) is 4.28. The van der Waals surface area contributed by atoms with E-state index in [2.05, 4.69) is 22.4 Å². The topological polar surface area (TPSA) is 67.0 Å². The first kappa shape index (κ1) is 17.2. The number of rotatable bonds is 3. The molecule has 0 radical (unpaired) electrons. The zero-order valence-corrected chi connectivity index (χ0v) is 15.0. The molecule has 1 heterocycles. The summed E-state index contributed by atoms with van der Waals surface area (Å²) in [7, 11) is 0. The summed E-state index contributed by atoms with van der Waals surface area (Å²) in [6.07, 6.45) is 11.5. The van der Waals surface area contributed by atoms with Gasteiger partial charge in [-0.25, -0.2) is 0 Å². The molecule has 0 bridgehead atoms. The van der Waals surface area contributed by atoms with Crippen LogP contribution in [0.3, 0.4) is 0 Å². The van der Waals surface area contributed by atoms with Crippen LogP contribution in [0.25, 0.3) is 0 Å². The van der Waals surface area contributed by atoms with Crippen molar-refractivity contribution in [1.82, 2.24) is 4.57 Å². The van der Waals surface area contributed by atoms with Crippen LogP contribution in [-0.2, 0) is 0 Å². The number of aromatic hydroxyl groups is 1. The van der Waals surface area contributed by atoms with Gasteiger partial charge in [-0.3, -0.25) is 9.36 Å². The van der Waals surface area contributed by atoms with E-state index in [9.17, 15) is 9.90 Å². The fourth-order valence-corrected chi connectivity index (χ4v) is 3.27. The highest BCUT2D eigenvalue weighted by molar-refractivity contribution is 8.17. The standard InChI is InChI=1S/C19H19N3O2S/c1-13-10-16(11-14(2)18(13)23)21-20-15-8-9-22(12-15)19(24)25-17-6-4-3-5-7-17/h4,6-12,23H,3,5H2,1-2H3. The molecule has 0 aliphatic heterocycles. The number of azo groups is 1. The van der Waals surface area contributed by atoms with Crippen molar-refractivity contribution in [3.05, 3.63) is 64.9 Å². The predicted molar refractivity (Wildman–Crippen MR) is 101 cm³/mol.